The van der Waals surface area contributed by atoms with Crippen molar-refractivity contribution in [3.8, 4) is 0 Å². The lowest BCUT2D eigenvalue weighted by Crippen LogP contribution is -2.20. The number of urea groups is 1. The maximum atomic E-state index is 12.3. The van der Waals surface area contributed by atoms with Crippen LogP contribution in [0.1, 0.15) is 33.1 Å². The van der Waals surface area contributed by atoms with Crippen LogP contribution in [0, 0.1) is 12.8 Å². The van der Waals surface area contributed by atoms with Crippen LogP contribution in [0.5, 0.6) is 0 Å². The lowest BCUT2D eigenvalue weighted by molar-refractivity contribution is 0.262. The number of pyridine rings is 1. The molecule has 2 aliphatic carbocycles. The number of rotatable bonds is 4. The van der Waals surface area contributed by atoms with E-state index in [-0.39, 0.29) is 14.3 Å². The molecular formula is C24H26N4O2. The number of nitrogens with zero attached hydrogens (tertiary/aromatic N) is 2. The van der Waals surface area contributed by atoms with Gasteiger partial charge in [0.25, 0.3) is 0 Å². The number of oxazole rings is 1. The molecule has 2 unspecified atom stereocenters. The molecule has 2 atom stereocenters. The van der Waals surface area contributed by atoms with Crippen LogP contribution in [0.2, 0.25) is 0 Å². The quantitative estimate of drug-likeness (QED) is 0.577. The van der Waals surface area contributed by atoms with Crippen LogP contribution in [-0.4, -0.2) is 16.0 Å². The van der Waals surface area contributed by atoms with Crippen LogP contribution < -0.4 is 10.6 Å². The Bertz CT molecular complexity index is 1170. The second-order valence-corrected chi connectivity index (χ2v) is 7.92. The summed E-state index contributed by atoms with van der Waals surface area (Å²) in [5.41, 5.74) is 5.32. The molecule has 5 rings (SSSR count). The number of fused-ring (bicyclic) bond motifs is 1. The number of carbonyl (C=O) groups excluding carboxylic acids is 1. The molecule has 30 heavy (non-hydrogen) atoms. The van der Waals surface area contributed by atoms with Crippen LogP contribution in [0.4, 0.5) is 16.3 Å². The van der Waals surface area contributed by atoms with Gasteiger partial charge in [-0.2, -0.15) is 0 Å². The highest BCUT2D eigenvalue weighted by atomic mass is 16.3. The fraction of sp³-hybridized carbons (Fsp3) is 0.208. The largest absolute Gasteiger partial charge is 0.448 e. The first-order valence-electron chi connectivity index (χ1n) is 9.96. The minimum atomic E-state index is -0.313. The summed E-state index contributed by atoms with van der Waals surface area (Å²) in [7, 11) is 0. The van der Waals surface area contributed by atoms with E-state index < -0.39 is 0 Å². The van der Waals surface area contributed by atoms with E-state index in [1.807, 2.05) is 37.4 Å². The van der Waals surface area contributed by atoms with E-state index in [0.29, 0.717) is 11.7 Å². The summed E-state index contributed by atoms with van der Waals surface area (Å²) in [5.74, 6) is 1.87. The van der Waals surface area contributed by atoms with Gasteiger partial charge < -0.3 is 9.73 Å². The summed E-state index contributed by atoms with van der Waals surface area (Å²) >= 11 is 0. The minimum absolute atomic E-state index is 0. The third kappa shape index (κ3) is 3.10. The van der Waals surface area contributed by atoms with Crippen LogP contribution >= 0.6 is 0 Å². The van der Waals surface area contributed by atoms with Crippen LogP contribution in [0.15, 0.2) is 77.3 Å². The van der Waals surface area contributed by atoms with E-state index in [1.54, 1.807) is 6.20 Å². The molecule has 3 aromatic rings. The number of amides is 2. The van der Waals surface area contributed by atoms with E-state index in [0.717, 1.165) is 29.0 Å². The van der Waals surface area contributed by atoms with E-state index >= 15 is 0 Å². The number of benzene rings is 1. The number of nitrogens with one attached hydrogen (secondary N) is 2. The zero-order valence-electron chi connectivity index (χ0n) is 16.8. The van der Waals surface area contributed by atoms with Crippen molar-refractivity contribution in [1.82, 2.24) is 9.97 Å². The van der Waals surface area contributed by atoms with Gasteiger partial charge in [-0.25, -0.2) is 14.8 Å². The topological polar surface area (TPSA) is 80.0 Å². The Morgan fingerprint density at radius 3 is 2.77 bits per heavy atom. The number of allylic oxidation sites excluding steroid dienone is 4. The summed E-state index contributed by atoms with van der Waals surface area (Å²) in [6, 6.07) is 11.4. The van der Waals surface area contributed by atoms with Crippen LogP contribution in [0.25, 0.3) is 5.57 Å². The van der Waals surface area contributed by atoms with Crippen LogP contribution in [-0.2, 0) is 5.41 Å². The minimum Gasteiger partial charge on any atom is -0.448 e. The van der Waals surface area contributed by atoms with Gasteiger partial charge in [0.2, 0.25) is 0 Å². The van der Waals surface area contributed by atoms with Crippen molar-refractivity contribution in [1.29, 1.82) is 0 Å². The molecule has 2 heterocycles. The Morgan fingerprint density at radius 1 is 1.20 bits per heavy atom. The first kappa shape index (κ1) is 18.4. The summed E-state index contributed by atoms with van der Waals surface area (Å²) in [4.78, 5) is 20.6. The molecule has 0 spiro atoms. The van der Waals surface area contributed by atoms with E-state index in [9.17, 15) is 4.79 Å². The summed E-state index contributed by atoms with van der Waals surface area (Å²) < 4.78 is 5.61. The molecule has 6 heteroatoms. The molecule has 2 aromatic heterocycles. The highest BCUT2D eigenvalue weighted by molar-refractivity contribution is 5.99. The maximum absolute atomic E-state index is 12.3. The molecule has 0 saturated heterocycles. The summed E-state index contributed by atoms with van der Waals surface area (Å²) in [6.45, 7) is 4.05. The molecule has 154 valence electrons. The molecule has 0 bridgehead atoms. The Balaban J connectivity index is 0.00000144. The highest BCUT2D eigenvalue weighted by Gasteiger charge is 2.59. The van der Waals surface area contributed by atoms with E-state index in [2.05, 4.69) is 51.8 Å². The molecule has 1 aromatic carbocycles. The van der Waals surface area contributed by atoms with Gasteiger partial charge in [-0.1, -0.05) is 30.4 Å². The predicted molar refractivity (Wildman–Crippen MR) is 120 cm³/mol. The molecule has 0 aliphatic heterocycles. The van der Waals surface area contributed by atoms with Gasteiger partial charge in [0.05, 0.1) is 11.6 Å². The van der Waals surface area contributed by atoms with Crippen molar-refractivity contribution < 1.29 is 12.1 Å². The standard InChI is InChI=1S/C24H22N4O2.2H2/c1-15-9-10-24(20-13-25-14-30-20)12-19(24)21(15)17-5-7-18(8-6-17)27-23(29)28-22-16(2)4-3-11-26-22;;/h3-11,13-14,19H,12H2,1-2H3,(H2,26,27,28,29);2*1H. The number of hydrogen-bond acceptors (Lipinski definition) is 4. The van der Waals surface area contributed by atoms with Crippen molar-refractivity contribution in [3.05, 3.63) is 89.8 Å². The predicted octanol–water partition coefficient (Wildman–Crippen LogP) is 5.82. The lowest BCUT2D eigenvalue weighted by atomic mass is 9.85. The zero-order valence-corrected chi connectivity index (χ0v) is 16.8. The van der Waals surface area contributed by atoms with Crippen molar-refractivity contribution in [2.45, 2.75) is 25.7 Å². The fourth-order valence-corrected chi connectivity index (χ4v) is 4.31. The van der Waals surface area contributed by atoms with Gasteiger partial charge in [0, 0.05) is 20.7 Å². The van der Waals surface area contributed by atoms with Crippen LogP contribution in [0.3, 0.4) is 0 Å². The first-order valence-corrected chi connectivity index (χ1v) is 9.96. The summed E-state index contributed by atoms with van der Waals surface area (Å²) in [6.07, 6.45) is 10.4. The molecular weight excluding hydrogens is 376 g/mol. The molecule has 2 N–H and O–H groups in total. The monoisotopic (exact) mass is 402 g/mol. The van der Waals surface area contributed by atoms with Gasteiger partial charge >= 0.3 is 6.03 Å². The van der Waals surface area contributed by atoms with E-state index in [4.69, 9.17) is 4.42 Å². The summed E-state index contributed by atoms with van der Waals surface area (Å²) in [5, 5.41) is 5.65. The SMILES string of the molecule is CC1=C(c2ccc(NC(=O)Nc3ncccc3C)cc2)C2CC2(c2cnco2)C=C1.[HH].[HH]. The second-order valence-electron chi connectivity index (χ2n) is 7.92. The molecule has 1 fully saturated rings. The van der Waals surface area contributed by atoms with Crippen molar-refractivity contribution in [2.75, 3.05) is 10.6 Å². The zero-order chi connectivity index (χ0) is 20.7. The lowest BCUT2D eigenvalue weighted by Gasteiger charge is -2.19. The number of hydrogen-bond donors (Lipinski definition) is 2. The third-order valence-electron chi connectivity index (χ3n) is 5.99. The Hall–Kier alpha value is -3.67. The smallest absolute Gasteiger partial charge is 0.324 e. The van der Waals surface area contributed by atoms with Crippen molar-refractivity contribution in [3.63, 3.8) is 0 Å². The first-order chi connectivity index (χ1) is 14.6. The van der Waals surface area contributed by atoms with E-state index in [1.165, 1.54) is 17.5 Å². The molecule has 1 saturated carbocycles. The molecule has 2 aliphatic rings. The number of carbonyl (C=O) groups is 1. The highest BCUT2D eigenvalue weighted by Crippen LogP contribution is 2.63. The molecule has 6 nitrogen and oxygen atoms in total. The van der Waals surface area contributed by atoms with Gasteiger partial charge in [0.1, 0.15) is 11.6 Å². The van der Waals surface area contributed by atoms with Crippen molar-refractivity contribution >= 4 is 23.1 Å². The Morgan fingerprint density at radius 2 is 2.03 bits per heavy atom. The van der Waals surface area contributed by atoms with Gasteiger partial charge in [-0.3, -0.25) is 5.32 Å². The van der Waals surface area contributed by atoms with Crippen molar-refractivity contribution in [2.24, 2.45) is 5.92 Å². The number of anilines is 2. The molecule has 0 radical (unpaired) electrons. The van der Waals surface area contributed by atoms with Gasteiger partial charge in [-0.15, -0.1) is 0 Å². The average Bonchev–Trinajstić information content (AvgIpc) is 3.21. The third-order valence-corrected chi connectivity index (χ3v) is 5.99. The normalized spacial score (nSPS) is 21.9. The Kier molecular flexibility index (Phi) is 4.28. The fourth-order valence-electron chi connectivity index (χ4n) is 4.31. The Labute approximate surface area is 177 Å². The molecule has 2 amide bonds. The van der Waals surface area contributed by atoms with Gasteiger partial charge in [-0.05, 0) is 60.7 Å². The maximum Gasteiger partial charge on any atom is 0.324 e. The number of aryl methyl sites for hydroxylation is 1. The average molecular weight is 402 g/mol. The van der Waals surface area contributed by atoms with Gasteiger partial charge in [0.15, 0.2) is 6.39 Å². The second kappa shape index (κ2) is 6.99. The number of aromatic nitrogens is 2.